The lowest BCUT2D eigenvalue weighted by atomic mass is 10.1. The molecule has 0 saturated carbocycles. The molecule has 0 aromatic rings. The molecule has 4 saturated heterocycles. The Labute approximate surface area is 194 Å². The van der Waals surface area contributed by atoms with Crippen LogP contribution >= 0.6 is 0 Å². The number of nitrogens with zero attached hydrogens (tertiary/aromatic N) is 6. The van der Waals surface area contributed by atoms with E-state index in [1.165, 1.54) is 90.9 Å². The average Bonchev–Trinajstić information content (AvgIpc) is 2.88. The zero-order chi connectivity index (χ0) is 22.4. The van der Waals surface area contributed by atoms with E-state index >= 15 is 0 Å². The molecule has 8 heteroatoms. The molecule has 8 nitrogen and oxygen atoms in total. The highest BCUT2D eigenvalue weighted by Crippen LogP contribution is 2.12. The van der Waals surface area contributed by atoms with Crippen LogP contribution in [0.15, 0.2) is 10.3 Å². The third kappa shape index (κ3) is 9.33. The SMILES string of the molecule is ON=C1CCN(CCN2CCCCC2)CC1.ON=C1CCN(CCN2CCCCC2)CC1. The molecule has 4 rings (SSSR count). The second-order valence-electron chi connectivity index (χ2n) is 9.82. The Morgan fingerprint density at radius 1 is 0.438 bits per heavy atom. The number of hydrogen-bond acceptors (Lipinski definition) is 8. The summed E-state index contributed by atoms with van der Waals surface area (Å²) in [7, 11) is 0. The summed E-state index contributed by atoms with van der Waals surface area (Å²) in [5, 5.41) is 24.0. The average molecular weight is 451 g/mol. The Hall–Kier alpha value is -1.22. The number of likely N-dealkylation sites (tertiary alicyclic amines) is 4. The minimum atomic E-state index is 0.941. The van der Waals surface area contributed by atoms with Gasteiger partial charge >= 0.3 is 0 Å². The Morgan fingerprint density at radius 3 is 1.00 bits per heavy atom. The molecule has 0 unspecified atom stereocenters. The molecular formula is C24H46N6O2. The topological polar surface area (TPSA) is 78.1 Å². The van der Waals surface area contributed by atoms with Crippen molar-refractivity contribution in [1.29, 1.82) is 0 Å². The van der Waals surface area contributed by atoms with E-state index in [-0.39, 0.29) is 0 Å². The molecule has 0 aromatic heterocycles. The summed E-state index contributed by atoms with van der Waals surface area (Å²) in [6, 6.07) is 0. The Bertz CT molecular complexity index is 503. The molecule has 4 fully saturated rings. The van der Waals surface area contributed by atoms with E-state index in [2.05, 4.69) is 29.9 Å². The highest BCUT2D eigenvalue weighted by molar-refractivity contribution is 5.85. The summed E-state index contributed by atoms with van der Waals surface area (Å²) in [6.07, 6.45) is 12.1. The van der Waals surface area contributed by atoms with Gasteiger partial charge in [0.25, 0.3) is 0 Å². The van der Waals surface area contributed by atoms with Gasteiger partial charge in [-0.1, -0.05) is 23.2 Å². The lowest BCUT2D eigenvalue weighted by Crippen LogP contribution is -2.41. The summed E-state index contributed by atoms with van der Waals surface area (Å²) < 4.78 is 0. The van der Waals surface area contributed by atoms with Crippen LogP contribution in [0.2, 0.25) is 0 Å². The molecule has 184 valence electrons. The highest BCUT2D eigenvalue weighted by Gasteiger charge is 2.18. The first-order chi connectivity index (χ1) is 15.8. The van der Waals surface area contributed by atoms with Crippen LogP contribution in [0.5, 0.6) is 0 Å². The quantitative estimate of drug-likeness (QED) is 0.479. The zero-order valence-corrected chi connectivity index (χ0v) is 20.1. The van der Waals surface area contributed by atoms with E-state index in [9.17, 15) is 0 Å². The van der Waals surface area contributed by atoms with Crippen LogP contribution in [0, 0.1) is 0 Å². The fourth-order valence-corrected chi connectivity index (χ4v) is 5.20. The summed E-state index contributed by atoms with van der Waals surface area (Å²) in [5.74, 6) is 0. The third-order valence-corrected chi connectivity index (χ3v) is 7.51. The fourth-order valence-electron chi connectivity index (χ4n) is 5.20. The van der Waals surface area contributed by atoms with Gasteiger partial charge in [0.1, 0.15) is 0 Å². The van der Waals surface area contributed by atoms with Gasteiger partial charge in [0.05, 0.1) is 11.4 Å². The summed E-state index contributed by atoms with van der Waals surface area (Å²) in [6.45, 7) is 14.2. The van der Waals surface area contributed by atoms with Crippen LogP contribution < -0.4 is 0 Å². The van der Waals surface area contributed by atoms with Crippen molar-refractivity contribution in [3.63, 3.8) is 0 Å². The van der Waals surface area contributed by atoms with Crippen molar-refractivity contribution >= 4 is 11.4 Å². The second kappa shape index (κ2) is 14.8. The first-order valence-electron chi connectivity index (χ1n) is 13.1. The van der Waals surface area contributed by atoms with Crippen molar-refractivity contribution in [3.05, 3.63) is 0 Å². The standard InChI is InChI=1S/2C12H23N3O/c2*16-13-12-4-8-15(9-5-12)11-10-14-6-2-1-3-7-14/h2*16H,1-11H2. The number of oxime groups is 2. The highest BCUT2D eigenvalue weighted by atomic mass is 16.4. The van der Waals surface area contributed by atoms with Crippen LogP contribution in [-0.4, -0.2) is 120 Å². The molecule has 0 bridgehead atoms. The maximum absolute atomic E-state index is 8.67. The van der Waals surface area contributed by atoms with Crippen molar-refractivity contribution in [3.8, 4) is 0 Å². The summed E-state index contributed by atoms with van der Waals surface area (Å²) >= 11 is 0. The van der Waals surface area contributed by atoms with E-state index in [1.54, 1.807) is 0 Å². The molecule has 4 heterocycles. The maximum Gasteiger partial charge on any atom is 0.0596 e. The summed E-state index contributed by atoms with van der Waals surface area (Å²) in [5.41, 5.74) is 1.93. The molecule has 4 aliphatic heterocycles. The monoisotopic (exact) mass is 450 g/mol. The molecule has 2 N–H and O–H groups in total. The van der Waals surface area contributed by atoms with Crippen molar-refractivity contribution in [2.24, 2.45) is 10.3 Å². The van der Waals surface area contributed by atoms with Gasteiger partial charge < -0.3 is 30.0 Å². The van der Waals surface area contributed by atoms with Gasteiger partial charge in [-0.25, -0.2) is 0 Å². The molecule has 0 amide bonds. The molecule has 0 spiro atoms. The molecule has 0 aromatic carbocycles. The first-order valence-corrected chi connectivity index (χ1v) is 13.1. The molecule has 0 radical (unpaired) electrons. The van der Waals surface area contributed by atoms with Gasteiger partial charge in [0.2, 0.25) is 0 Å². The van der Waals surface area contributed by atoms with Crippen molar-refractivity contribution in [2.75, 3.05) is 78.5 Å². The smallest absolute Gasteiger partial charge is 0.0596 e. The van der Waals surface area contributed by atoms with Crippen molar-refractivity contribution in [1.82, 2.24) is 19.6 Å². The van der Waals surface area contributed by atoms with Gasteiger partial charge in [-0.05, 0) is 51.9 Å². The summed E-state index contributed by atoms with van der Waals surface area (Å²) in [4.78, 5) is 10.1. The largest absolute Gasteiger partial charge is 0.411 e. The van der Waals surface area contributed by atoms with Crippen molar-refractivity contribution in [2.45, 2.75) is 64.2 Å². The minimum absolute atomic E-state index is 0.941. The zero-order valence-electron chi connectivity index (χ0n) is 20.1. The van der Waals surface area contributed by atoms with Crippen LogP contribution in [-0.2, 0) is 0 Å². The molecule has 32 heavy (non-hydrogen) atoms. The van der Waals surface area contributed by atoms with E-state index in [0.29, 0.717) is 0 Å². The van der Waals surface area contributed by atoms with Crippen molar-refractivity contribution < 1.29 is 10.4 Å². The minimum Gasteiger partial charge on any atom is -0.411 e. The second-order valence-corrected chi connectivity index (χ2v) is 9.82. The lowest BCUT2D eigenvalue weighted by Gasteiger charge is -2.31. The molecule has 4 aliphatic rings. The van der Waals surface area contributed by atoms with E-state index in [4.69, 9.17) is 10.4 Å². The predicted octanol–water partition coefficient (Wildman–Crippen LogP) is 2.80. The van der Waals surface area contributed by atoms with Gasteiger partial charge in [-0.15, -0.1) is 0 Å². The van der Waals surface area contributed by atoms with E-state index < -0.39 is 0 Å². The van der Waals surface area contributed by atoms with Crippen LogP contribution in [0.3, 0.4) is 0 Å². The third-order valence-electron chi connectivity index (χ3n) is 7.51. The van der Waals surface area contributed by atoms with Gasteiger partial charge in [-0.3, -0.25) is 0 Å². The lowest BCUT2D eigenvalue weighted by molar-refractivity contribution is 0.180. The molecular weight excluding hydrogens is 404 g/mol. The van der Waals surface area contributed by atoms with Gasteiger partial charge in [0, 0.05) is 78.0 Å². The van der Waals surface area contributed by atoms with Gasteiger partial charge in [0.15, 0.2) is 0 Å². The fraction of sp³-hybridized carbons (Fsp3) is 0.917. The Morgan fingerprint density at radius 2 is 0.719 bits per heavy atom. The maximum atomic E-state index is 8.67. The number of piperidine rings is 4. The Kier molecular flexibility index (Phi) is 11.8. The normalized spacial score (nSPS) is 24.6. The van der Waals surface area contributed by atoms with E-state index in [0.717, 1.165) is 63.3 Å². The van der Waals surface area contributed by atoms with Crippen LogP contribution in [0.4, 0.5) is 0 Å². The van der Waals surface area contributed by atoms with Crippen LogP contribution in [0.25, 0.3) is 0 Å². The number of hydrogen-bond donors (Lipinski definition) is 2. The molecule has 0 aliphatic carbocycles. The van der Waals surface area contributed by atoms with Gasteiger partial charge in [-0.2, -0.15) is 0 Å². The first kappa shape index (κ1) is 25.4. The number of rotatable bonds is 6. The van der Waals surface area contributed by atoms with E-state index in [1.807, 2.05) is 0 Å². The molecule has 0 atom stereocenters. The van der Waals surface area contributed by atoms with Crippen LogP contribution in [0.1, 0.15) is 64.2 Å². The Balaban J connectivity index is 0.000000181. The predicted molar refractivity (Wildman–Crippen MR) is 130 cm³/mol.